The van der Waals surface area contributed by atoms with Crippen molar-refractivity contribution in [3.8, 4) is 0 Å². The Hall–Kier alpha value is -0.880. The van der Waals surface area contributed by atoms with Gasteiger partial charge in [0.15, 0.2) is 0 Å². The van der Waals surface area contributed by atoms with Crippen molar-refractivity contribution >= 4 is 29.9 Å². The number of piperidine rings is 1. The van der Waals surface area contributed by atoms with Gasteiger partial charge in [-0.2, -0.15) is 0 Å². The molecule has 0 radical (unpaired) electrons. The fourth-order valence-electron chi connectivity index (χ4n) is 3.38. The highest BCUT2D eigenvalue weighted by Gasteiger charge is 2.32. The fraction of sp³-hybridized carbons (Fsp3) is 0.588. The Morgan fingerprint density at radius 3 is 2.96 bits per heavy atom. The summed E-state index contributed by atoms with van der Waals surface area (Å²) in [5.74, 6) is -0.149. The number of amides is 1. The molecule has 1 aromatic rings. The van der Waals surface area contributed by atoms with Gasteiger partial charge in [0.2, 0.25) is 5.91 Å². The summed E-state index contributed by atoms with van der Waals surface area (Å²) in [4.78, 5) is 14.6. The number of halogens is 3. The Kier molecular flexibility index (Phi) is 6.87. The molecular formula is C17H23Cl2FN2O2. The Balaban J connectivity index is 0.00000208. The number of ether oxygens (including phenoxy) is 1. The Bertz CT molecular complexity index is 588. The maximum absolute atomic E-state index is 13.3. The maximum Gasteiger partial charge on any atom is 0.225 e. The smallest absolute Gasteiger partial charge is 0.225 e. The van der Waals surface area contributed by atoms with Crippen molar-refractivity contribution in [2.75, 3.05) is 26.2 Å². The standard InChI is InChI=1S/C17H22ClFN2O2.ClH/c1-11-8-13(4-5-20-11)17(22)21-6-7-23-16(10-21)12-2-3-15(19)14(18)9-12;/h2-3,9,11,13,16,20H,4-8,10H2,1H3;1H/t11-,13-,16?;/m0./s1. The SMILES string of the molecule is C[C@H]1C[C@@H](C(=O)N2CCOC(c3ccc(F)c(Cl)c3)C2)CCN1.Cl. The van der Waals surface area contributed by atoms with E-state index in [1.807, 2.05) is 4.90 Å². The van der Waals surface area contributed by atoms with Gasteiger partial charge in [-0.05, 0) is 44.0 Å². The van der Waals surface area contributed by atoms with Crippen LogP contribution in [0.4, 0.5) is 4.39 Å². The largest absolute Gasteiger partial charge is 0.370 e. The predicted molar refractivity (Wildman–Crippen MR) is 94.1 cm³/mol. The number of nitrogens with one attached hydrogen (secondary N) is 1. The molecule has 4 nitrogen and oxygen atoms in total. The van der Waals surface area contributed by atoms with E-state index in [4.69, 9.17) is 16.3 Å². The first-order chi connectivity index (χ1) is 11.0. The maximum atomic E-state index is 13.3. The third kappa shape index (κ3) is 4.39. The van der Waals surface area contributed by atoms with Crippen molar-refractivity contribution in [2.45, 2.75) is 31.9 Å². The quantitative estimate of drug-likeness (QED) is 0.861. The molecule has 3 atom stereocenters. The molecule has 2 fully saturated rings. The fourth-order valence-corrected chi connectivity index (χ4v) is 3.57. The van der Waals surface area contributed by atoms with E-state index in [2.05, 4.69) is 12.2 Å². The number of rotatable bonds is 2. The molecule has 0 aromatic heterocycles. The minimum Gasteiger partial charge on any atom is -0.370 e. The molecule has 2 saturated heterocycles. The van der Waals surface area contributed by atoms with Crippen LogP contribution in [0.2, 0.25) is 5.02 Å². The van der Waals surface area contributed by atoms with E-state index in [0.29, 0.717) is 25.7 Å². The van der Waals surface area contributed by atoms with Crippen LogP contribution >= 0.6 is 24.0 Å². The lowest BCUT2D eigenvalue weighted by Crippen LogP contribution is -2.48. The molecule has 1 amide bonds. The molecule has 1 N–H and O–H groups in total. The molecule has 0 bridgehead atoms. The number of carbonyl (C=O) groups excluding carboxylic acids is 1. The number of benzene rings is 1. The molecule has 3 rings (SSSR count). The average Bonchev–Trinajstić information content (AvgIpc) is 2.57. The topological polar surface area (TPSA) is 41.6 Å². The second kappa shape index (κ2) is 8.48. The molecule has 0 aliphatic carbocycles. The monoisotopic (exact) mass is 376 g/mol. The van der Waals surface area contributed by atoms with Crippen LogP contribution in [0.1, 0.15) is 31.4 Å². The molecule has 2 heterocycles. The first-order valence-corrected chi connectivity index (χ1v) is 8.51. The van der Waals surface area contributed by atoms with Gasteiger partial charge < -0.3 is 15.0 Å². The van der Waals surface area contributed by atoms with Gasteiger partial charge in [0, 0.05) is 18.5 Å². The first-order valence-electron chi connectivity index (χ1n) is 8.13. The zero-order valence-electron chi connectivity index (χ0n) is 13.6. The summed E-state index contributed by atoms with van der Waals surface area (Å²) in [6.45, 7) is 4.61. The van der Waals surface area contributed by atoms with E-state index >= 15 is 0 Å². The van der Waals surface area contributed by atoms with Gasteiger partial charge in [-0.3, -0.25) is 4.79 Å². The number of carbonyl (C=O) groups is 1. The van der Waals surface area contributed by atoms with Crippen LogP contribution in [0.15, 0.2) is 18.2 Å². The van der Waals surface area contributed by atoms with Gasteiger partial charge in [-0.25, -0.2) is 4.39 Å². The summed E-state index contributed by atoms with van der Waals surface area (Å²) < 4.78 is 19.1. The van der Waals surface area contributed by atoms with Crippen molar-refractivity contribution in [3.63, 3.8) is 0 Å². The normalized spacial score (nSPS) is 27.5. The van der Waals surface area contributed by atoms with Crippen LogP contribution in [0.3, 0.4) is 0 Å². The van der Waals surface area contributed by atoms with Crippen LogP contribution in [0.5, 0.6) is 0 Å². The minimum atomic E-state index is -0.442. The Morgan fingerprint density at radius 1 is 1.46 bits per heavy atom. The van der Waals surface area contributed by atoms with Crippen LogP contribution in [-0.2, 0) is 9.53 Å². The third-order valence-corrected chi connectivity index (χ3v) is 4.96. The predicted octanol–water partition coefficient (Wildman–Crippen LogP) is 3.19. The summed E-state index contributed by atoms with van der Waals surface area (Å²) in [7, 11) is 0. The van der Waals surface area contributed by atoms with Gasteiger partial charge in [0.25, 0.3) is 0 Å². The summed E-state index contributed by atoms with van der Waals surface area (Å²) in [5, 5.41) is 3.46. The number of hydrogen-bond donors (Lipinski definition) is 1. The summed E-state index contributed by atoms with van der Waals surface area (Å²) in [6.07, 6.45) is 1.52. The van der Waals surface area contributed by atoms with Crippen molar-refractivity contribution in [1.82, 2.24) is 10.2 Å². The van der Waals surface area contributed by atoms with Gasteiger partial charge >= 0.3 is 0 Å². The lowest BCUT2D eigenvalue weighted by atomic mass is 9.91. The number of morpholine rings is 1. The summed E-state index contributed by atoms with van der Waals surface area (Å²) in [6, 6.07) is 4.98. The van der Waals surface area contributed by atoms with Crippen LogP contribution in [0.25, 0.3) is 0 Å². The molecular weight excluding hydrogens is 354 g/mol. The highest BCUT2D eigenvalue weighted by molar-refractivity contribution is 6.30. The van der Waals surface area contributed by atoms with Crippen molar-refractivity contribution in [2.24, 2.45) is 5.92 Å². The number of hydrogen-bond acceptors (Lipinski definition) is 3. The van der Waals surface area contributed by atoms with Crippen LogP contribution < -0.4 is 5.32 Å². The van der Waals surface area contributed by atoms with Gasteiger partial charge in [-0.1, -0.05) is 17.7 Å². The van der Waals surface area contributed by atoms with Crippen LogP contribution in [-0.4, -0.2) is 43.1 Å². The lowest BCUT2D eigenvalue weighted by Gasteiger charge is -2.37. The molecule has 0 saturated carbocycles. The first kappa shape index (κ1) is 19.4. The van der Waals surface area contributed by atoms with E-state index in [1.54, 1.807) is 12.1 Å². The molecule has 134 valence electrons. The second-order valence-electron chi connectivity index (χ2n) is 6.39. The zero-order chi connectivity index (χ0) is 16.4. The summed E-state index contributed by atoms with van der Waals surface area (Å²) >= 11 is 5.85. The molecule has 24 heavy (non-hydrogen) atoms. The molecule has 0 spiro atoms. The second-order valence-corrected chi connectivity index (χ2v) is 6.80. The average molecular weight is 377 g/mol. The van der Waals surface area contributed by atoms with Crippen LogP contribution in [0, 0.1) is 11.7 Å². The molecule has 2 aliphatic rings. The molecule has 1 aromatic carbocycles. The number of nitrogens with zero attached hydrogens (tertiary/aromatic N) is 1. The molecule has 7 heteroatoms. The molecule has 2 aliphatic heterocycles. The van der Waals surface area contributed by atoms with E-state index in [-0.39, 0.29) is 35.4 Å². The Labute approximate surface area is 153 Å². The van der Waals surface area contributed by atoms with E-state index in [9.17, 15) is 9.18 Å². The Morgan fingerprint density at radius 2 is 2.25 bits per heavy atom. The third-order valence-electron chi connectivity index (χ3n) is 4.67. The zero-order valence-corrected chi connectivity index (χ0v) is 15.2. The highest BCUT2D eigenvalue weighted by atomic mass is 35.5. The van der Waals surface area contributed by atoms with Crippen molar-refractivity contribution in [3.05, 3.63) is 34.6 Å². The van der Waals surface area contributed by atoms with Gasteiger partial charge in [0.1, 0.15) is 11.9 Å². The van der Waals surface area contributed by atoms with E-state index < -0.39 is 5.82 Å². The van der Waals surface area contributed by atoms with Gasteiger partial charge in [-0.15, -0.1) is 12.4 Å². The summed E-state index contributed by atoms with van der Waals surface area (Å²) in [5.41, 5.74) is 0.813. The van der Waals surface area contributed by atoms with Gasteiger partial charge in [0.05, 0.1) is 18.2 Å². The van der Waals surface area contributed by atoms with E-state index in [1.165, 1.54) is 6.07 Å². The van der Waals surface area contributed by atoms with E-state index in [0.717, 1.165) is 24.9 Å². The lowest BCUT2D eigenvalue weighted by molar-refractivity contribution is -0.144. The van der Waals surface area contributed by atoms with Crippen molar-refractivity contribution < 1.29 is 13.9 Å². The molecule has 1 unspecified atom stereocenters. The minimum absolute atomic E-state index is 0. The highest BCUT2D eigenvalue weighted by Crippen LogP contribution is 2.28. The van der Waals surface area contributed by atoms with Crippen molar-refractivity contribution in [1.29, 1.82) is 0 Å².